The minimum absolute atomic E-state index is 1.26. The lowest BCUT2D eigenvalue weighted by atomic mass is 10.2. The van der Waals surface area contributed by atoms with Gasteiger partial charge in [-0.1, -0.05) is 20.3 Å². The van der Waals surface area contributed by atoms with Crippen LogP contribution >= 0.6 is 0 Å². The van der Waals surface area contributed by atoms with Crippen LogP contribution < -0.4 is 4.90 Å². The fraction of sp³-hybridized carbons (Fsp3) is 0.583. The molecule has 1 rings (SSSR count). The standard InChI is InChI=1S/C11H19N.CN/c1-3-5-7-11-8-6-10-12(11)9-4-2;1-2/h6,8,10H,3-5,7,9H2,1-2H3;/q;-1/p+1. The summed E-state index contributed by atoms with van der Waals surface area (Å²) in [5.74, 6) is 0. The van der Waals surface area contributed by atoms with Crippen molar-refractivity contribution < 1.29 is 4.90 Å². The van der Waals surface area contributed by atoms with Gasteiger partial charge < -0.3 is 11.8 Å². The Morgan fingerprint density at radius 3 is 2.57 bits per heavy atom. The van der Waals surface area contributed by atoms with E-state index >= 15 is 0 Å². The van der Waals surface area contributed by atoms with Gasteiger partial charge in [0.1, 0.15) is 5.70 Å². The van der Waals surface area contributed by atoms with Crippen LogP contribution in [0.4, 0.5) is 0 Å². The lowest BCUT2D eigenvalue weighted by molar-refractivity contribution is -0.804. The zero-order chi connectivity index (χ0) is 10.8. The number of allylic oxidation sites excluding steroid dienone is 3. The molecule has 14 heavy (non-hydrogen) atoms. The fourth-order valence-corrected chi connectivity index (χ4v) is 1.62. The third kappa shape index (κ3) is 4.25. The van der Waals surface area contributed by atoms with E-state index in [2.05, 4.69) is 32.2 Å². The van der Waals surface area contributed by atoms with Gasteiger partial charge >= 0.3 is 0 Å². The van der Waals surface area contributed by atoms with Gasteiger partial charge in [-0.15, -0.1) is 0 Å². The number of unbranched alkanes of at least 4 members (excludes halogenated alkanes) is 1. The average Bonchev–Trinajstić information content (AvgIpc) is 2.66. The summed E-state index contributed by atoms with van der Waals surface area (Å²) in [6, 6.07) is 0. The van der Waals surface area contributed by atoms with Gasteiger partial charge in [0.25, 0.3) is 0 Å². The van der Waals surface area contributed by atoms with Crippen molar-refractivity contribution in [3.8, 4) is 0 Å². The third-order valence-corrected chi connectivity index (χ3v) is 2.33. The van der Waals surface area contributed by atoms with E-state index in [0.717, 1.165) is 0 Å². The predicted molar refractivity (Wildman–Crippen MR) is 57.8 cm³/mol. The van der Waals surface area contributed by atoms with Crippen LogP contribution in [-0.4, -0.2) is 6.54 Å². The summed E-state index contributed by atoms with van der Waals surface area (Å²) in [6.45, 7) is 10.5. The van der Waals surface area contributed by atoms with E-state index in [4.69, 9.17) is 11.8 Å². The number of nitrogens with zero attached hydrogens (tertiary/aromatic N) is 1. The molecule has 0 saturated heterocycles. The van der Waals surface area contributed by atoms with Crippen molar-refractivity contribution in [2.24, 2.45) is 0 Å². The smallest absolute Gasteiger partial charge is 0.112 e. The van der Waals surface area contributed by atoms with Gasteiger partial charge in [0.15, 0.2) is 0 Å². The van der Waals surface area contributed by atoms with Crippen molar-refractivity contribution in [2.75, 3.05) is 6.54 Å². The molecule has 1 unspecified atom stereocenters. The van der Waals surface area contributed by atoms with Crippen LogP contribution in [0.3, 0.4) is 0 Å². The van der Waals surface area contributed by atoms with Crippen molar-refractivity contribution >= 4 is 0 Å². The van der Waals surface area contributed by atoms with Gasteiger partial charge in [-0.2, -0.15) is 0 Å². The highest BCUT2D eigenvalue weighted by Crippen LogP contribution is 2.03. The molecule has 0 aromatic rings. The molecule has 0 spiro atoms. The number of nitrogens with one attached hydrogen (secondary N) is 1. The van der Waals surface area contributed by atoms with Crippen LogP contribution in [0.1, 0.15) is 39.5 Å². The average molecular weight is 192 g/mol. The van der Waals surface area contributed by atoms with E-state index in [1.165, 1.54) is 32.2 Å². The van der Waals surface area contributed by atoms with Gasteiger partial charge in [0.05, 0.1) is 12.7 Å². The zero-order valence-electron chi connectivity index (χ0n) is 9.21. The monoisotopic (exact) mass is 192 g/mol. The Morgan fingerprint density at radius 1 is 1.29 bits per heavy atom. The molecule has 0 aromatic carbocycles. The van der Waals surface area contributed by atoms with Gasteiger partial charge in [-0.25, -0.2) is 0 Å². The Hall–Kier alpha value is -1.07. The van der Waals surface area contributed by atoms with Crippen LogP contribution in [0.2, 0.25) is 0 Å². The van der Waals surface area contributed by atoms with E-state index < -0.39 is 0 Å². The van der Waals surface area contributed by atoms with Crippen molar-refractivity contribution in [3.63, 3.8) is 0 Å². The maximum absolute atomic E-state index is 6.25. The maximum Gasteiger partial charge on any atom is 0.112 e. The SMILES string of the molecule is CCCCC1=CC=C[NH+]1CCC.[C-]#N. The molecule has 0 radical (unpaired) electrons. The highest BCUT2D eigenvalue weighted by molar-refractivity contribution is 5.10. The summed E-state index contributed by atoms with van der Waals surface area (Å²) in [5.41, 5.74) is 1.58. The molecule has 2 heteroatoms. The molecule has 0 bridgehead atoms. The highest BCUT2D eigenvalue weighted by atomic mass is 15.1. The summed E-state index contributed by atoms with van der Waals surface area (Å²) >= 11 is 0. The first kappa shape index (κ1) is 12.9. The molecule has 1 aliphatic rings. The Kier molecular flexibility index (Phi) is 7.87. The molecular weight excluding hydrogens is 172 g/mol. The Bertz CT molecular complexity index is 214. The maximum atomic E-state index is 6.25. The normalized spacial score (nSPS) is 18.6. The second-order valence-corrected chi connectivity index (χ2v) is 3.43. The molecule has 78 valence electrons. The van der Waals surface area contributed by atoms with Crippen LogP contribution in [0.5, 0.6) is 0 Å². The molecular formula is C12H20N2. The van der Waals surface area contributed by atoms with E-state index in [0.29, 0.717) is 0 Å². The lowest BCUT2D eigenvalue weighted by Crippen LogP contribution is -3.04. The zero-order valence-corrected chi connectivity index (χ0v) is 9.21. The number of quaternary nitrogens is 1. The molecule has 0 aromatic heterocycles. The molecule has 2 nitrogen and oxygen atoms in total. The first-order valence-corrected chi connectivity index (χ1v) is 5.34. The fourth-order valence-electron chi connectivity index (χ4n) is 1.62. The molecule has 0 saturated carbocycles. The molecule has 0 fully saturated rings. The minimum atomic E-state index is 1.26. The molecule has 1 aliphatic heterocycles. The highest BCUT2D eigenvalue weighted by Gasteiger charge is 2.13. The van der Waals surface area contributed by atoms with Crippen molar-refractivity contribution in [1.29, 1.82) is 5.26 Å². The first-order valence-electron chi connectivity index (χ1n) is 5.34. The minimum Gasteiger partial charge on any atom is -0.512 e. The second kappa shape index (κ2) is 8.52. The summed E-state index contributed by atoms with van der Waals surface area (Å²) < 4.78 is 0. The molecule has 1 N–H and O–H groups in total. The van der Waals surface area contributed by atoms with E-state index in [-0.39, 0.29) is 0 Å². The van der Waals surface area contributed by atoms with Gasteiger partial charge in [-0.05, 0) is 18.9 Å². The lowest BCUT2D eigenvalue weighted by Gasteiger charge is -2.12. The summed E-state index contributed by atoms with van der Waals surface area (Å²) in [7, 11) is 0. The largest absolute Gasteiger partial charge is 0.512 e. The Balaban J connectivity index is 0.000000791. The van der Waals surface area contributed by atoms with E-state index in [1.54, 1.807) is 10.6 Å². The van der Waals surface area contributed by atoms with E-state index in [9.17, 15) is 0 Å². The second-order valence-electron chi connectivity index (χ2n) is 3.43. The van der Waals surface area contributed by atoms with Crippen LogP contribution in [-0.2, 0) is 0 Å². The van der Waals surface area contributed by atoms with Crippen molar-refractivity contribution in [2.45, 2.75) is 39.5 Å². The Labute approximate surface area is 87.5 Å². The molecule has 0 aliphatic carbocycles. The van der Waals surface area contributed by atoms with E-state index in [1.807, 2.05) is 0 Å². The molecule has 0 amide bonds. The van der Waals surface area contributed by atoms with Crippen LogP contribution in [0, 0.1) is 11.8 Å². The quantitative estimate of drug-likeness (QED) is 0.663. The van der Waals surface area contributed by atoms with Crippen molar-refractivity contribution in [1.82, 2.24) is 0 Å². The molecule has 1 heterocycles. The Morgan fingerprint density at radius 2 is 2.00 bits per heavy atom. The van der Waals surface area contributed by atoms with Gasteiger partial charge in [0.2, 0.25) is 0 Å². The first-order chi connectivity index (χ1) is 6.88. The van der Waals surface area contributed by atoms with Gasteiger partial charge in [0, 0.05) is 12.5 Å². The van der Waals surface area contributed by atoms with Gasteiger partial charge in [-0.3, -0.25) is 4.90 Å². The number of hydrogen-bond donors (Lipinski definition) is 1. The predicted octanol–water partition coefficient (Wildman–Crippen LogP) is 1.98. The van der Waals surface area contributed by atoms with Crippen LogP contribution in [0.25, 0.3) is 0 Å². The van der Waals surface area contributed by atoms with Crippen LogP contribution in [0.15, 0.2) is 24.0 Å². The number of rotatable bonds is 5. The summed E-state index contributed by atoms with van der Waals surface area (Å²) in [5, 5.41) is 6.25. The van der Waals surface area contributed by atoms with Crippen molar-refractivity contribution in [3.05, 3.63) is 30.6 Å². The summed E-state index contributed by atoms with van der Waals surface area (Å²) in [4.78, 5) is 1.57. The topological polar surface area (TPSA) is 28.2 Å². The third-order valence-electron chi connectivity index (χ3n) is 2.33. The number of hydrogen-bond acceptors (Lipinski definition) is 1. The molecule has 1 atom stereocenters. The summed E-state index contributed by atoms with van der Waals surface area (Å²) in [6.07, 6.45) is 11.9.